The molecule has 1 amide bonds. The summed E-state index contributed by atoms with van der Waals surface area (Å²) in [6.07, 6.45) is 0.513. The Morgan fingerprint density at radius 2 is 2.44 bits per heavy atom. The highest BCUT2D eigenvalue weighted by Gasteiger charge is 2.22. The van der Waals surface area contributed by atoms with E-state index in [1.807, 2.05) is 18.2 Å². The minimum atomic E-state index is 0.0929. The molecule has 1 aliphatic rings. The van der Waals surface area contributed by atoms with Crippen LogP contribution >= 0.6 is 11.3 Å². The van der Waals surface area contributed by atoms with Crippen molar-refractivity contribution in [3.8, 4) is 5.75 Å². The number of aromatic nitrogens is 1. The normalized spacial score (nSPS) is 18.9. The van der Waals surface area contributed by atoms with E-state index in [0.717, 1.165) is 21.1 Å². The molecule has 2 N–H and O–H groups in total. The lowest BCUT2D eigenvalue weighted by Crippen LogP contribution is -2.22. The molecule has 1 saturated heterocycles. The molecule has 0 radical (unpaired) electrons. The minimum absolute atomic E-state index is 0.0929. The molecule has 6 heteroatoms. The molecule has 1 fully saturated rings. The Kier molecular flexibility index (Phi) is 2.79. The van der Waals surface area contributed by atoms with E-state index < -0.39 is 0 Å². The number of benzene rings is 1. The zero-order valence-corrected chi connectivity index (χ0v) is 10.7. The van der Waals surface area contributed by atoms with Gasteiger partial charge in [0.25, 0.3) is 0 Å². The van der Waals surface area contributed by atoms with Gasteiger partial charge in [-0.3, -0.25) is 4.79 Å². The molecule has 0 saturated carbocycles. The van der Waals surface area contributed by atoms with Crippen LogP contribution in [0.4, 0.5) is 5.13 Å². The highest BCUT2D eigenvalue weighted by atomic mass is 32.1. The van der Waals surface area contributed by atoms with E-state index in [2.05, 4.69) is 15.6 Å². The van der Waals surface area contributed by atoms with E-state index in [1.165, 1.54) is 0 Å². The summed E-state index contributed by atoms with van der Waals surface area (Å²) in [5.41, 5.74) is 0.945. The first kappa shape index (κ1) is 11.3. The van der Waals surface area contributed by atoms with Crippen molar-refractivity contribution in [2.75, 3.05) is 19.0 Å². The van der Waals surface area contributed by atoms with Gasteiger partial charge in [0.1, 0.15) is 5.75 Å². The monoisotopic (exact) mass is 263 g/mol. The summed E-state index contributed by atoms with van der Waals surface area (Å²) in [6, 6.07) is 5.94. The fourth-order valence-corrected chi connectivity index (χ4v) is 2.95. The Bertz CT molecular complexity index is 596. The minimum Gasteiger partial charge on any atom is -0.497 e. The third-order valence-electron chi connectivity index (χ3n) is 2.90. The quantitative estimate of drug-likeness (QED) is 0.883. The lowest BCUT2D eigenvalue weighted by Gasteiger charge is -2.07. The van der Waals surface area contributed by atoms with E-state index in [1.54, 1.807) is 18.4 Å². The van der Waals surface area contributed by atoms with Crippen molar-refractivity contribution in [2.45, 2.75) is 12.5 Å². The van der Waals surface area contributed by atoms with Crippen LogP contribution in [0.15, 0.2) is 18.2 Å². The lowest BCUT2D eigenvalue weighted by atomic mass is 10.3. The Morgan fingerprint density at radius 3 is 3.17 bits per heavy atom. The SMILES string of the molecule is COc1ccc2nc(NC3CNC(=O)C3)sc2c1. The standard InChI is InChI=1S/C12H13N3O2S/c1-17-8-2-3-9-10(5-8)18-12(15-9)14-7-4-11(16)13-6-7/h2-3,5,7H,4,6H2,1H3,(H,13,16)(H,14,15). The van der Waals surface area contributed by atoms with Crippen LogP contribution in [-0.4, -0.2) is 30.6 Å². The van der Waals surface area contributed by atoms with Crippen LogP contribution in [-0.2, 0) is 4.79 Å². The van der Waals surface area contributed by atoms with Crippen molar-refractivity contribution in [1.29, 1.82) is 0 Å². The number of carbonyl (C=O) groups is 1. The molecule has 2 aromatic rings. The van der Waals surface area contributed by atoms with E-state index in [-0.39, 0.29) is 11.9 Å². The van der Waals surface area contributed by atoms with Crippen LogP contribution in [0.1, 0.15) is 6.42 Å². The molecule has 3 rings (SSSR count). The maximum Gasteiger partial charge on any atom is 0.222 e. The summed E-state index contributed by atoms with van der Waals surface area (Å²) in [6.45, 7) is 0.665. The number of ether oxygens (including phenoxy) is 1. The van der Waals surface area contributed by atoms with Gasteiger partial charge in [0.15, 0.2) is 5.13 Å². The molecule has 2 heterocycles. The van der Waals surface area contributed by atoms with Gasteiger partial charge in [-0.2, -0.15) is 0 Å². The van der Waals surface area contributed by atoms with Crippen LogP contribution < -0.4 is 15.4 Å². The topological polar surface area (TPSA) is 63.2 Å². The summed E-state index contributed by atoms with van der Waals surface area (Å²) in [4.78, 5) is 15.6. The summed E-state index contributed by atoms with van der Waals surface area (Å²) >= 11 is 1.57. The second-order valence-corrected chi connectivity index (χ2v) is 5.23. The van der Waals surface area contributed by atoms with Crippen molar-refractivity contribution in [3.63, 3.8) is 0 Å². The largest absolute Gasteiger partial charge is 0.497 e. The summed E-state index contributed by atoms with van der Waals surface area (Å²) in [7, 11) is 1.65. The van der Waals surface area contributed by atoms with Gasteiger partial charge in [-0.05, 0) is 18.2 Å². The highest BCUT2D eigenvalue weighted by molar-refractivity contribution is 7.22. The van der Waals surface area contributed by atoms with Gasteiger partial charge in [0.05, 0.1) is 23.4 Å². The second-order valence-electron chi connectivity index (χ2n) is 4.20. The summed E-state index contributed by atoms with van der Waals surface area (Å²) in [5.74, 6) is 0.922. The molecular weight excluding hydrogens is 250 g/mol. The van der Waals surface area contributed by atoms with Crippen molar-refractivity contribution in [2.24, 2.45) is 0 Å². The molecule has 5 nitrogen and oxygen atoms in total. The van der Waals surface area contributed by atoms with E-state index >= 15 is 0 Å². The first-order valence-electron chi connectivity index (χ1n) is 5.72. The molecule has 1 atom stereocenters. The van der Waals surface area contributed by atoms with Gasteiger partial charge in [-0.15, -0.1) is 0 Å². The Balaban J connectivity index is 1.82. The van der Waals surface area contributed by atoms with Gasteiger partial charge in [0.2, 0.25) is 5.91 Å². The van der Waals surface area contributed by atoms with Gasteiger partial charge in [0, 0.05) is 13.0 Å². The first-order chi connectivity index (χ1) is 8.74. The fraction of sp³-hybridized carbons (Fsp3) is 0.333. The number of hydrogen-bond acceptors (Lipinski definition) is 5. The average Bonchev–Trinajstić information content (AvgIpc) is 2.94. The Labute approximate surface area is 108 Å². The first-order valence-corrected chi connectivity index (χ1v) is 6.54. The zero-order chi connectivity index (χ0) is 12.5. The number of hydrogen-bond donors (Lipinski definition) is 2. The Hall–Kier alpha value is -1.82. The average molecular weight is 263 g/mol. The van der Waals surface area contributed by atoms with Crippen LogP contribution in [0.25, 0.3) is 10.2 Å². The smallest absolute Gasteiger partial charge is 0.222 e. The van der Waals surface area contributed by atoms with Gasteiger partial charge in [-0.25, -0.2) is 4.98 Å². The summed E-state index contributed by atoms with van der Waals surface area (Å²) < 4.78 is 6.26. The van der Waals surface area contributed by atoms with Crippen LogP contribution in [0, 0.1) is 0 Å². The van der Waals surface area contributed by atoms with E-state index in [4.69, 9.17) is 4.74 Å². The van der Waals surface area contributed by atoms with Crippen LogP contribution in [0.2, 0.25) is 0 Å². The van der Waals surface area contributed by atoms with Crippen LogP contribution in [0.5, 0.6) is 5.75 Å². The molecule has 1 aliphatic heterocycles. The maximum absolute atomic E-state index is 11.1. The van der Waals surface area contributed by atoms with E-state index in [9.17, 15) is 4.79 Å². The Morgan fingerprint density at radius 1 is 1.56 bits per heavy atom. The number of nitrogens with one attached hydrogen (secondary N) is 2. The fourth-order valence-electron chi connectivity index (χ4n) is 1.98. The number of fused-ring (bicyclic) bond motifs is 1. The molecule has 94 valence electrons. The highest BCUT2D eigenvalue weighted by Crippen LogP contribution is 2.29. The summed E-state index contributed by atoms with van der Waals surface area (Å²) in [5, 5.41) is 6.93. The maximum atomic E-state index is 11.1. The molecule has 0 bridgehead atoms. The number of carbonyl (C=O) groups excluding carboxylic acids is 1. The third-order valence-corrected chi connectivity index (χ3v) is 3.85. The molecule has 1 unspecified atom stereocenters. The number of anilines is 1. The molecule has 0 spiro atoms. The molecule has 1 aromatic carbocycles. The lowest BCUT2D eigenvalue weighted by molar-refractivity contribution is -0.119. The van der Waals surface area contributed by atoms with Crippen molar-refractivity contribution in [3.05, 3.63) is 18.2 Å². The predicted molar refractivity (Wildman–Crippen MR) is 71.2 cm³/mol. The van der Waals surface area contributed by atoms with Gasteiger partial charge in [-0.1, -0.05) is 11.3 Å². The number of rotatable bonds is 3. The second kappa shape index (κ2) is 4.45. The van der Waals surface area contributed by atoms with Crippen molar-refractivity contribution >= 4 is 32.6 Å². The van der Waals surface area contributed by atoms with E-state index in [0.29, 0.717) is 13.0 Å². The number of nitrogens with zero attached hydrogens (tertiary/aromatic N) is 1. The van der Waals surface area contributed by atoms with Gasteiger partial charge < -0.3 is 15.4 Å². The molecule has 0 aliphatic carbocycles. The van der Waals surface area contributed by atoms with Crippen molar-refractivity contribution in [1.82, 2.24) is 10.3 Å². The van der Waals surface area contributed by atoms with Crippen molar-refractivity contribution < 1.29 is 9.53 Å². The molecule has 18 heavy (non-hydrogen) atoms. The molecular formula is C12H13N3O2S. The number of thiazole rings is 1. The zero-order valence-electron chi connectivity index (χ0n) is 9.90. The number of methoxy groups -OCH3 is 1. The molecule has 1 aromatic heterocycles. The van der Waals surface area contributed by atoms with Crippen LogP contribution in [0.3, 0.4) is 0 Å². The third kappa shape index (κ3) is 2.11. The van der Waals surface area contributed by atoms with Gasteiger partial charge >= 0.3 is 0 Å². The number of amides is 1. The predicted octanol–water partition coefficient (Wildman–Crippen LogP) is 1.61.